The summed E-state index contributed by atoms with van der Waals surface area (Å²) in [5, 5.41) is 6.56. The lowest BCUT2D eigenvalue weighted by atomic mass is 10.2. The highest BCUT2D eigenvalue weighted by molar-refractivity contribution is 7.71. The molecule has 0 amide bonds. The number of H-pyrrole nitrogens is 1. The van der Waals surface area contributed by atoms with Crippen molar-refractivity contribution >= 4 is 17.9 Å². The lowest BCUT2D eigenvalue weighted by Gasteiger charge is -2.21. The summed E-state index contributed by atoms with van der Waals surface area (Å²) in [6.07, 6.45) is 1.63. The minimum absolute atomic E-state index is 0.569. The fourth-order valence-corrected chi connectivity index (χ4v) is 2.11. The number of benzene rings is 1. The summed E-state index contributed by atoms with van der Waals surface area (Å²) in [7, 11) is 0. The normalized spacial score (nSPS) is 10.4. The molecule has 102 valence electrons. The van der Waals surface area contributed by atoms with E-state index in [0.717, 1.165) is 13.1 Å². The summed E-state index contributed by atoms with van der Waals surface area (Å²) in [6, 6.07) is 8.56. The molecule has 1 heterocycles. The van der Waals surface area contributed by atoms with Crippen LogP contribution in [-0.2, 0) is 6.54 Å². The molecule has 0 radical (unpaired) electrons. The summed E-state index contributed by atoms with van der Waals surface area (Å²) in [5.74, 6) is 0. The number of nitrogens with zero attached hydrogens (tertiary/aromatic N) is 3. The highest BCUT2D eigenvalue weighted by Crippen LogP contribution is 2.14. The molecule has 0 fully saturated rings. The van der Waals surface area contributed by atoms with Crippen LogP contribution in [0.1, 0.15) is 19.4 Å². The third kappa shape index (κ3) is 3.35. The van der Waals surface area contributed by atoms with Crippen molar-refractivity contribution in [3.63, 3.8) is 0 Å². The average molecular weight is 277 g/mol. The second-order valence-electron chi connectivity index (χ2n) is 4.21. The van der Waals surface area contributed by atoms with Gasteiger partial charge < -0.3 is 10.3 Å². The number of hydrogen-bond acceptors (Lipinski definition) is 4. The highest BCUT2D eigenvalue weighted by Gasteiger charge is 2.01. The van der Waals surface area contributed by atoms with Crippen LogP contribution < -0.4 is 10.3 Å². The summed E-state index contributed by atoms with van der Waals surface area (Å²) < 4.78 is 2.27. The van der Waals surface area contributed by atoms with Gasteiger partial charge >= 0.3 is 0 Å². The third-order valence-corrected chi connectivity index (χ3v) is 3.36. The topological polar surface area (TPSA) is 48.9 Å². The van der Waals surface area contributed by atoms with Gasteiger partial charge in [-0.25, -0.2) is 4.68 Å². The van der Waals surface area contributed by atoms with Crippen molar-refractivity contribution in [3.8, 4) is 0 Å². The molecule has 1 aromatic carbocycles. The predicted octanol–water partition coefficient (Wildman–Crippen LogP) is 2.53. The number of aromatic amines is 1. The van der Waals surface area contributed by atoms with Crippen LogP contribution in [0.4, 0.5) is 5.69 Å². The molecule has 0 unspecified atom stereocenters. The Morgan fingerprint density at radius 2 is 1.95 bits per heavy atom. The first-order valence-corrected chi connectivity index (χ1v) is 6.85. The smallest absolute Gasteiger partial charge is 0.214 e. The van der Waals surface area contributed by atoms with Crippen LogP contribution >= 0.6 is 12.2 Å². The second kappa shape index (κ2) is 6.38. The maximum absolute atomic E-state index is 5.06. The Morgan fingerprint density at radius 1 is 1.26 bits per heavy atom. The molecular formula is C13H19N5S. The van der Waals surface area contributed by atoms with E-state index in [-0.39, 0.29) is 0 Å². The van der Waals surface area contributed by atoms with Crippen molar-refractivity contribution in [2.24, 2.45) is 0 Å². The van der Waals surface area contributed by atoms with Gasteiger partial charge in [0.2, 0.25) is 4.77 Å². The van der Waals surface area contributed by atoms with E-state index in [9.17, 15) is 0 Å². The first-order chi connectivity index (χ1) is 9.24. The monoisotopic (exact) mass is 277 g/mol. The zero-order valence-corrected chi connectivity index (χ0v) is 12.1. The van der Waals surface area contributed by atoms with Gasteiger partial charge in [0.05, 0.1) is 6.54 Å². The van der Waals surface area contributed by atoms with Gasteiger partial charge in [0.15, 0.2) is 0 Å². The van der Waals surface area contributed by atoms with Crippen LogP contribution in [0, 0.1) is 4.77 Å². The van der Waals surface area contributed by atoms with E-state index in [1.807, 2.05) is 0 Å². The molecule has 2 rings (SSSR count). The largest absolute Gasteiger partial charge is 0.372 e. The molecular weight excluding hydrogens is 258 g/mol. The third-order valence-electron chi connectivity index (χ3n) is 3.07. The van der Waals surface area contributed by atoms with Gasteiger partial charge in [0.1, 0.15) is 6.33 Å². The summed E-state index contributed by atoms with van der Waals surface area (Å²) >= 11 is 5.06. The Kier molecular flexibility index (Phi) is 4.57. The van der Waals surface area contributed by atoms with E-state index in [1.54, 1.807) is 11.0 Å². The van der Waals surface area contributed by atoms with Crippen LogP contribution in [0.2, 0.25) is 0 Å². The van der Waals surface area contributed by atoms with Crippen molar-refractivity contribution < 1.29 is 0 Å². The Balaban J connectivity index is 1.99. The summed E-state index contributed by atoms with van der Waals surface area (Å²) in [4.78, 5) is 2.32. The average Bonchev–Trinajstić information content (AvgIpc) is 2.85. The van der Waals surface area contributed by atoms with Crippen molar-refractivity contribution in [1.82, 2.24) is 14.9 Å². The lowest BCUT2D eigenvalue weighted by Crippen LogP contribution is -2.21. The maximum atomic E-state index is 5.06. The van der Waals surface area contributed by atoms with Gasteiger partial charge in [0.25, 0.3) is 0 Å². The zero-order valence-electron chi connectivity index (χ0n) is 11.3. The Hall–Kier alpha value is -1.82. The SMILES string of the molecule is CCN(CC)c1ccc(CNn2cn[nH]c2=S)cc1. The van der Waals surface area contributed by atoms with E-state index >= 15 is 0 Å². The van der Waals surface area contributed by atoms with Gasteiger partial charge in [0, 0.05) is 18.8 Å². The summed E-state index contributed by atoms with van der Waals surface area (Å²) in [5.41, 5.74) is 5.66. The van der Waals surface area contributed by atoms with Crippen LogP contribution in [0.15, 0.2) is 30.6 Å². The molecule has 0 spiro atoms. The molecule has 2 N–H and O–H groups in total. The number of aromatic nitrogens is 3. The maximum Gasteiger partial charge on any atom is 0.214 e. The highest BCUT2D eigenvalue weighted by atomic mass is 32.1. The molecule has 2 aromatic rings. The van der Waals surface area contributed by atoms with E-state index in [4.69, 9.17) is 12.2 Å². The zero-order chi connectivity index (χ0) is 13.7. The minimum atomic E-state index is 0.569. The van der Waals surface area contributed by atoms with E-state index < -0.39 is 0 Å². The van der Waals surface area contributed by atoms with E-state index in [1.165, 1.54) is 11.3 Å². The Labute approximate surface area is 118 Å². The fraction of sp³-hybridized carbons (Fsp3) is 0.385. The molecule has 0 bridgehead atoms. The lowest BCUT2D eigenvalue weighted by molar-refractivity contribution is 0.823. The quantitative estimate of drug-likeness (QED) is 0.797. The van der Waals surface area contributed by atoms with Crippen LogP contribution in [0.5, 0.6) is 0 Å². The van der Waals surface area contributed by atoms with Crippen LogP contribution in [0.3, 0.4) is 0 Å². The number of rotatable bonds is 6. The van der Waals surface area contributed by atoms with Crippen molar-refractivity contribution in [3.05, 3.63) is 40.9 Å². The molecule has 0 aliphatic heterocycles. The van der Waals surface area contributed by atoms with Crippen LogP contribution in [0.25, 0.3) is 0 Å². The molecule has 0 aliphatic rings. The predicted molar refractivity (Wildman–Crippen MR) is 80.5 cm³/mol. The molecule has 1 aromatic heterocycles. The Bertz CT molecular complexity index is 553. The van der Waals surface area contributed by atoms with Gasteiger partial charge in [-0.05, 0) is 43.8 Å². The van der Waals surface area contributed by atoms with Crippen molar-refractivity contribution in [2.45, 2.75) is 20.4 Å². The summed E-state index contributed by atoms with van der Waals surface area (Å²) in [6.45, 7) is 7.10. The van der Waals surface area contributed by atoms with E-state index in [2.05, 4.69) is 58.6 Å². The molecule has 6 heteroatoms. The number of hydrogen-bond donors (Lipinski definition) is 2. The van der Waals surface area contributed by atoms with Crippen LogP contribution in [-0.4, -0.2) is 28.0 Å². The molecule has 0 saturated carbocycles. The first-order valence-electron chi connectivity index (χ1n) is 6.44. The standard InChI is InChI=1S/C13H19N5S/c1-3-17(4-2)12-7-5-11(6-8-12)9-15-18-10-14-16-13(18)19/h5-8,10,15H,3-4,9H2,1-2H3,(H,16,19). The first kappa shape index (κ1) is 13.6. The van der Waals surface area contributed by atoms with E-state index in [0.29, 0.717) is 11.3 Å². The molecule has 0 atom stereocenters. The van der Waals surface area contributed by atoms with Gasteiger partial charge in [-0.1, -0.05) is 12.1 Å². The molecule has 0 aliphatic carbocycles. The van der Waals surface area contributed by atoms with Crippen molar-refractivity contribution in [2.75, 3.05) is 23.4 Å². The number of nitrogens with one attached hydrogen (secondary N) is 2. The van der Waals surface area contributed by atoms with Crippen molar-refractivity contribution in [1.29, 1.82) is 0 Å². The molecule has 19 heavy (non-hydrogen) atoms. The molecule has 5 nitrogen and oxygen atoms in total. The second-order valence-corrected chi connectivity index (χ2v) is 4.59. The fourth-order valence-electron chi connectivity index (χ4n) is 1.95. The minimum Gasteiger partial charge on any atom is -0.372 e. The molecule has 0 saturated heterocycles. The van der Waals surface area contributed by atoms with Gasteiger partial charge in [-0.15, -0.1) is 0 Å². The van der Waals surface area contributed by atoms with Gasteiger partial charge in [-0.2, -0.15) is 5.10 Å². The van der Waals surface area contributed by atoms with Gasteiger partial charge in [-0.3, -0.25) is 5.10 Å². The number of anilines is 1. The Morgan fingerprint density at radius 3 is 2.47 bits per heavy atom.